The molecule has 0 N–H and O–H groups in total. The molecule has 2 atom stereocenters. The standard InChI is InChI=1S/C44H84NO8P/c1-6-8-10-12-14-16-18-20-22-23-25-26-28-30-32-34-36-43(46)50-40-42(41-52-54(48,49)51-39-38-45(3,4)5)53-44(47)37-35-33-31-29-27-24-21-19-17-15-13-11-9-7-2/h19,21-23,42H,6-18,20,24-41H2,1-5H3/b21-19-,23-22-/t42-/m1/s1. The van der Waals surface area contributed by atoms with Gasteiger partial charge in [0.1, 0.15) is 19.8 Å². The SMILES string of the molecule is CCCCCCC/C=C\CCCCCCCC(=O)O[C@H](COC(=O)CCCCCCC/C=C\CCCCCCCCC)COP(=O)([O-])OCC[N+](C)(C)C. The van der Waals surface area contributed by atoms with Crippen LogP contribution >= 0.6 is 7.82 Å². The summed E-state index contributed by atoms with van der Waals surface area (Å²) >= 11 is 0. The van der Waals surface area contributed by atoms with Crippen LogP contribution in [0.15, 0.2) is 24.3 Å². The summed E-state index contributed by atoms with van der Waals surface area (Å²) in [5.41, 5.74) is 0. The zero-order valence-corrected chi connectivity index (χ0v) is 36.6. The largest absolute Gasteiger partial charge is 0.756 e. The second kappa shape index (κ2) is 37.1. The number of phosphoric ester groups is 1. The lowest BCUT2D eigenvalue weighted by molar-refractivity contribution is -0.870. The normalized spacial score (nSPS) is 13.8. The number of nitrogens with zero attached hydrogens (tertiary/aromatic N) is 1. The second-order valence-electron chi connectivity index (χ2n) is 16.1. The van der Waals surface area contributed by atoms with Crippen LogP contribution in [0.3, 0.4) is 0 Å². The molecule has 1 unspecified atom stereocenters. The van der Waals surface area contributed by atoms with Crippen molar-refractivity contribution < 1.29 is 42.1 Å². The molecule has 0 aliphatic heterocycles. The molecule has 0 saturated heterocycles. The Kier molecular flexibility index (Phi) is 36.1. The number of rotatable bonds is 40. The van der Waals surface area contributed by atoms with E-state index in [2.05, 4.69) is 38.2 Å². The lowest BCUT2D eigenvalue weighted by Crippen LogP contribution is -2.37. The molecule has 0 bridgehead atoms. The van der Waals surface area contributed by atoms with E-state index >= 15 is 0 Å². The number of carbonyl (C=O) groups is 2. The molecule has 0 amide bonds. The molecule has 10 heteroatoms. The van der Waals surface area contributed by atoms with E-state index in [1.54, 1.807) is 0 Å². The van der Waals surface area contributed by atoms with Crippen LogP contribution in [0, 0.1) is 0 Å². The fourth-order valence-electron chi connectivity index (χ4n) is 5.94. The number of esters is 2. The topological polar surface area (TPSA) is 111 Å². The maximum Gasteiger partial charge on any atom is 0.306 e. The number of carbonyl (C=O) groups excluding carboxylic acids is 2. The summed E-state index contributed by atoms with van der Waals surface area (Å²) in [4.78, 5) is 37.5. The van der Waals surface area contributed by atoms with Crippen LogP contribution in [0.4, 0.5) is 0 Å². The third kappa shape index (κ3) is 40.2. The van der Waals surface area contributed by atoms with Gasteiger partial charge in [0.2, 0.25) is 0 Å². The van der Waals surface area contributed by atoms with Crippen molar-refractivity contribution in [3.05, 3.63) is 24.3 Å². The summed E-state index contributed by atoms with van der Waals surface area (Å²) in [5.74, 6) is -0.850. The Bertz CT molecular complexity index is 980. The molecular formula is C44H84NO8P. The molecule has 0 aliphatic rings. The Balaban J connectivity index is 4.37. The summed E-state index contributed by atoms with van der Waals surface area (Å²) in [6.07, 6.45) is 39.1. The van der Waals surface area contributed by atoms with Crippen molar-refractivity contribution in [2.75, 3.05) is 47.5 Å². The number of hydrogen-bond donors (Lipinski definition) is 0. The summed E-state index contributed by atoms with van der Waals surface area (Å²) < 4.78 is 33.9. The van der Waals surface area contributed by atoms with E-state index < -0.39 is 32.5 Å². The van der Waals surface area contributed by atoms with Gasteiger partial charge >= 0.3 is 11.9 Å². The average molecular weight is 786 g/mol. The van der Waals surface area contributed by atoms with Gasteiger partial charge in [-0.05, 0) is 64.2 Å². The van der Waals surface area contributed by atoms with E-state index in [0.29, 0.717) is 17.4 Å². The quantitative estimate of drug-likeness (QED) is 0.0198. The van der Waals surface area contributed by atoms with Gasteiger partial charge in [0.25, 0.3) is 7.82 Å². The van der Waals surface area contributed by atoms with Crippen LogP contribution in [-0.2, 0) is 32.7 Å². The van der Waals surface area contributed by atoms with Crippen molar-refractivity contribution >= 4 is 19.8 Å². The minimum Gasteiger partial charge on any atom is -0.756 e. The Labute approximate surface area is 332 Å². The zero-order chi connectivity index (χ0) is 40.0. The molecule has 0 spiro atoms. The molecule has 0 radical (unpaired) electrons. The van der Waals surface area contributed by atoms with Crippen molar-refractivity contribution in [3.63, 3.8) is 0 Å². The van der Waals surface area contributed by atoms with Crippen molar-refractivity contribution in [3.8, 4) is 0 Å². The highest BCUT2D eigenvalue weighted by Crippen LogP contribution is 2.38. The number of allylic oxidation sites excluding steroid dienone is 4. The first-order chi connectivity index (χ1) is 26.0. The number of ether oxygens (including phenoxy) is 2. The van der Waals surface area contributed by atoms with Crippen molar-refractivity contribution in [1.29, 1.82) is 0 Å². The van der Waals surface area contributed by atoms with E-state index in [1.165, 1.54) is 89.9 Å². The van der Waals surface area contributed by atoms with Gasteiger partial charge < -0.3 is 27.9 Å². The summed E-state index contributed by atoms with van der Waals surface area (Å²) in [6, 6.07) is 0. The average Bonchev–Trinajstić information content (AvgIpc) is 3.12. The number of likely N-dealkylation sites (N-methyl/N-ethyl adjacent to an activating group) is 1. The van der Waals surface area contributed by atoms with Gasteiger partial charge in [-0.15, -0.1) is 0 Å². The van der Waals surface area contributed by atoms with Gasteiger partial charge in [-0.2, -0.15) is 0 Å². The van der Waals surface area contributed by atoms with Crippen LogP contribution in [-0.4, -0.2) is 70.0 Å². The van der Waals surface area contributed by atoms with Crippen molar-refractivity contribution in [2.45, 2.75) is 200 Å². The molecule has 0 aromatic rings. The van der Waals surface area contributed by atoms with Gasteiger partial charge in [-0.25, -0.2) is 0 Å². The molecule has 0 saturated carbocycles. The third-order valence-electron chi connectivity index (χ3n) is 9.44. The molecule has 318 valence electrons. The predicted octanol–water partition coefficient (Wildman–Crippen LogP) is 11.7. The first-order valence-electron chi connectivity index (χ1n) is 22.0. The number of quaternary nitrogens is 1. The fourth-order valence-corrected chi connectivity index (χ4v) is 6.67. The van der Waals surface area contributed by atoms with Crippen molar-refractivity contribution in [2.24, 2.45) is 0 Å². The van der Waals surface area contributed by atoms with E-state index in [1.807, 2.05) is 21.1 Å². The van der Waals surface area contributed by atoms with Crippen LogP contribution in [0.1, 0.15) is 194 Å². The molecule has 0 heterocycles. The first-order valence-corrected chi connectivity index (χ1v) is 23.5. The van der Waals surface area contributed by atoms with Gasteiger partial charge in [0, 0.05) is 12.8 Å². The van der Waals surface area contributed by atoms with Crippen molar-refractivity contribution in [1.82, 2.24) is 0 Å². The Morgan fingerprint density at radius 2 is 0.944 bits per heavy atom. The van der Waals surface area contributed by atoms with Crippen LogP contribution in [0.2, 0.25) is 0 Å². The molecule has 0 aliphatic carbocycles. The summed E-state index contributed by atoms with van der Waals surface area (Å²) in [6.45, 7) is 4.20. The van der Waals surface area contributed by atoms with E-state index in [4.69, 9.17) is 18.5 Å². The molecule has 0 fully saturated rings. The monoisotopic (exact) mass is 786 g/mol. The van der Waals surface area contributed by atoms with Gasteiger partial charge in [0.15, 0.2) is 6.10 Å². The summed E-state index contributed by atoms with van der Waals surface area (Å²) in [7, 11) is 1.16. The van der Waals surface area contributed by atoms with E-state index in [-0.39, 0.29) is 26.1 Å². The van der Waals surface area contributed by atoms with Crippen LogP contribution in [0.25, 0.3) is 0 Å². The zero-order valence-electron chi connectivity index (χ0n) is 35.7. The number of phosphoric acid groups is 1. The summed E-state index contributed by atoms with van der Waals surface area (Å²) in [5, 5.41) is 0. The lowest BCUT2D eigenvalue weighted by atomic mass is 10.1. The molecule has 0 rings (SSSR count). The molecule has 0 aromatic heterocycles. The molecule has 0 aromatic carbocycles. The molecule has 9 nitrogen and oxygen atoms in total. The maximum absolute atomic E-state index is 12.6. The molecular weight excluding hydrogens is 701 g/mol. The highest BCUT2D eigenvalue weighted by atomic mass is 31.2. The molecule has 54 heavy (non-hydrogen) atoms. The van der Waals surface area contributed by atoms with E-state index in [9.17, 15) is 19.0 Å². The lowest BCUT2D eigenvalue weighted by Gasteiger charge is -2.28. The minimum atomic E-state index is -4.62. The van der Waals surface area contributed by atoms with Gasteiger partial charge in [0.05, 0.1) is 27.7 Å². The smallest absolute Gasteiger partial charge is 0.306 e. The van der Waals surface area contributed by atoms with Crippen LogP contribution < -0.4 is 4.89 Å². The fraction of sp³-hybridized carbons (Fsp3) is 0.864. The number of unbranched alkanes of at least 4 members (excludes halogenated alkanes) is 22. The number of hydrogen-bond acceptors (Lipinski definition) is 8. The maximum atomic E-state index is 12.6. The Hall–Kier alpha value is -1.51. The van der Waals surface area contributed by atoms with Crippen LogP contribution in [0.5, 0.6) is 0 Å². The van der Waals surface area contributed by atoms with E-state index in [0.717, 1.165) is 70.6 Å². The minimum absolute atomic E-state index is 0.0326. The highest BCUT2D eigenvalue weighted by Gasteiger charge is 2.21. The predicted molar refractivity (Wildman–Crippen MR) is 222 cm³/mol. The highest BCUT2D eigenvalue weighted by molar-refractivity contribution is 7.45. The van der Waals surface area contributed by atoms with Gasteiger partial charge in [-0.1, -0.05) is 141 Å². The third-order valence-corrected chi connectivity index (χ3v) is 10.4. The first kappa shape index (κ1) is 52.5. The van der Waals surface area contributed by atoms with Gasteiger partial charge in [-0.3, -0.25) is 14.2 Å². The second-order valence-corrected chi connectivity index (χ2v) is 17.5. The Morgan fingerprint density at radius 3 is 1.37 bits per heavy atom. The Morgan fingerprint density at radius 1 is 0.556 bits per heavy atom.